The van der Waals surface area contributed by atoms with Crippen molar-refractivity contribution in [2.45, 2.75) is 6.54 Å². The molecule has 1 aromatic carbocycles. The summed E-state index contributed by atoms with van der Waals surface area (Å²) in [6, 6.07) is 10.7. The lowest BCUT2D eigenvalue weighted by molar-refractivity contribution is 0.171. The number of nitrogens with one attached hydrogen (secondary N) is 1. The molecular weight excluding hydrogens is 412 g/mol. The first-order valence-corrected chi connectivity index (χ1v) is 9.97. The number of fused-ring (bicyclic) bond motifs is 3. The molecule has 10 heteroatoms. The van der Waals surface area contributed by atoms with Crippen molar-refractivity contribution in [2.24, 2.45) is 0 Å². The number of rotatable bonds is 3. The third-order valence-electron chi connectivity index (χ3n) is 5.41. The van der Waals surface area contributed by atoms with Crippen molar-refractivity contribution >= 4 is 21.8 Å². The summed E-state index contributed by atoms with van der Waals surface area (Å²) < 4.78 is 14.1. The van der Waals surface area contributed by atoms with E-state index in [4.69, 9.17) is 9.47 Å². The fourth-order valence-electron chi connectivity index (χ4n) is 3.85. The lowest BCUT2D eigenvalue weighted by Crippen LogP contribution is -2.22. The van der Waals surface area contributed by atoms with Crippen LogP contribution < -0.4 is 20.6 Å². The van der Waals surface area contributed by atoms with Crippen LogP contribution in [0.4, 0.5) is 0 Å². The van der Waals surface area contributed by atoms with Crippen molar-refractivity contribution in [3.63, 3.8) is 0 Å². The molecule has 0 spiro atoms. The molecule has 5 aromatic rings. The molecule has 6 rings (SSSR count). The summed E-state index contributed by atoms with van der Waals surface area (Å²) in [5.74, 6) is 1.66. The third kappa shape index (κ3) is 2.92. The van der Waals surface area contributed by atoms with Crippen LogP contribution in [-0.2, 0) is 6.54 Å². The summed E-state index contributed by atoms with van der Waals surface area (Å²) in [5, 5.41) is 7.13. The van der Waals surface area contributed by atoms with Gasteiger partial charge in [0.2, 0.25) is 5.95 Å². The van der Waals surface area contributed by atoms with E-state index in [9.17, 15) is 9.59 Å². The number of aromatic nitrogens is 6. The van der Waals surface area contributed by atoms with Gasteiger partial charge in [0.15, 0.2) is 11.5 Å². The molecule has 1 aliphatic rings. The van der Waals surface area contributed by atoms with Crippen molar-refractivity contribution in [3.05, 3.63) is 81.4 Å². The van der Waals surface area contributed by atoms with Crippen molar-refractivity contribution in [1.82, 2.24) is 29.3 Å². The van der Waals surface area contributed by atoms with Crippen LogP contribution in [0.5, 0.6) is 11.5 Å². The van der Waals surface area contributed by atoms with E-state index in [0.717, 1.165) is 5.56 Å². The van der Waals surface area contributed by atoms with Crippen molar-refractivity contribution in [1.29, 1.82) is 0 Å². The molecule has 32 heavy (non-hydrogen) atoms. The van der Waals surface area contributed by atoms with Gasteiger partial charge in [0, 0.05) is 12.4 Å². The third-order valence-corrected chi connectivity index (χ3v) is 5.41. The largest absolute Gasteiger partial charge is 0.486 e. The van der Waals surface area contributed by atoms with Crippen LogP contribution in [0.3, 0.4) is 0 Å². The van der Waals surface area contributed by atoms with Crippen LogP contribution in [-0.4, -0.2) is 42.5 Å². The van der Waals surface area contributed by atoms with Crippen LogP contribution in [0, 0.1) is 0 Å². The molecule has 0 unspecified atom stereocenters. The highest BCUT2D eigenvalue weighted by Crippen LogP contribution is 2.30. The maximum absolute atomic E-state index is 13.2. The normalized spacial score (nSPS) is 13.0. The summed E-state index contributed by atoms with van der Waals surface area (Å²) >= 11 is 0. The first-order valence-electron chi connectivity index (χ1n) is 9.97. The second-order valence-electron chi connectivity index (χ2n) is 7.38. The van der Waals surface area contributed by atoms with Crippen molar-refractivity contribution < 1.29 is 9.47 Å². The van der Waals surface area contributed by atoms with Crippen LogP contribution in [0.1, 0.15) is 5.56 Å². The summed E-state index contributed by atoms with van der Waals surface area (Å²) in [7, 11) is 0. The van der Waals surface area contributed by atoms with Gasteiger partial charge in [0.1, 0.15) is 19.5 Å². The van der Waals surface area contributed by atoms with Gasteiger partial charge in [-0.1, -0.05) is 6.07 Å². The molecule has 1 N–H and O–H groups in total. The van der Waals surface area contributed by atoms with E-state index in [-0.39, 0.29) is 11.1 Å². The Kier molecular flexibility index (Phi) is 4.03. The predicted octanol–water partition coefficient (Wildman–Crippen LogP) is 1.64. The highest BCUT2D eigenvalue weighted by molar-refractivity contribution is 5.91. The smallest absolute Gasteiger partial charge is 0.266 e. The zero-order chi connectivity index (χ0) is 21.7. The molecule has 158 valence electrons. The number of aromatic amines is 1. The Labute approximate surface area is 179 Å². The van der Waals surface area contributed by atoms with Crippen LogP contribution in [0.25, 0.3) is 27.8 Å². The zero-order valence-electron chi connectivity index (χ0n) is 16.7. The fourth-order valence-corrected chi connectivity index (χ4v) is 3.85. The van der Waals surface area contributed by atoms with Crippen molar-refractivity contribution in [2.75, 3.05) is 13.2 Å². The Hall–Kier alpha value is -4.47. The lowest BCUT2D eigenvalue weighted by atomic mass is 10.1. The molecule has 0 atom stereocenters. The fraction of sp³-hybridized carbons (Fsp3) is 0.136. The first-order chi connectivity index (χ1) is 15.7. The minimum Gasteiger partial charge on any atom is -0.486 e. The molecule has 0 amide bonds. The summed E-state index contributed by atoms with van der Waals surface area (Å²) in [5.41, 5.74) is 1.36. The number of pyridine rings is 3. The summed E-state index contributed by atoms with van der Waals surface area (Å²) in [4.78, 5) is 34.7. The standard InChI is InChI=1S/C22H16N6O4/c29-20-14-10-15-17(4-6-28(21(15)30)22-23-12-24-26-22)25-16(14)3-5-27(20)11-13-1-2-18-19(9-13)32-8-7-31-18/h1-6,9-10,12H,7-8,11H2,(H,23,24,26). The van der Waals surface area contributed by atoms with Crippen molar-refractivity contribution in [3.8, 4) is 17.4 Å². The van der Waals surface area contributed by atoms with Gasteiger partial charge in [0.25, 0.3) is 11.1 Å². The van der Waals surface area contributed by atoms with E-state index in [0.29, 0.717) is 59.0 Å². The number of nitrogens with zero attached hydrogens (tertiary/aromatic N) is 5. The molecule has 0 fully saturated rings. The van der Waals surface area contributed by atoms with E-state index in [1.54, 1.807) is 35.2 Å². The average molecular weight is 428 g/mol. The average Bonchev–Trinajstić information content (AvgIpc) is 3.35. The van der Waals surface area contributed by atoms with Gasteiger partial charge in [-0.15, -0.1) is 0 Å². The highest BCUT2D eigenvalue weighted by atomic mass is 16.6. The van der Waals surface area contributed by atoms with E-state index in [2.05, 4.69) is 20.2 Å². The number of H-pyrrole nitrogens is 1. The Morgan fingerprint density at radius 3 is 2.50 bits per heavy atom. The maximum atomic E-state index is 13.2. The molecule has 5 heterocycles. The Balaban J connectivity index is 1.46. The van der Waals surface area contributed by atoms with Crippen LogP contribution >= 0.6 is 0 Å². The zero-order valence-corrected chi connectivity index (χ0v) is 16.7. The molecular formula is C22H16N6O4. The monoisotopic (exact) mass is 428 g/mol. The summed E-state index contributed by atoms with van der Waals surface area (Å²) in [6.45, 7) is 1.37. The van der Waals surface area contributed by atoms with Gasteiger partial charge in [-0.2, -0.15) is 10.1 Å². The van der Waals surface area contributed by atoms with Gasteiger partial charge in [-0.3, -0.25) is 14.2 Å². The van der Waals surface area contributed by atoms with Crippen LogP contribution in [0.2, 0.25) is 0 Å². The second-order valence-corrected chi connectivity index (χ2v) is 7.38. The van der Waals surface area contributed by atoms with Gasteiger partial charge in [-0.25, -0.2) is 10.1 Å². The highest BCUT2D eigenvalue weighted by Gasteiger charge is 2.14. The Bertz CT molecular complexity index is 1600. The van der Waals surface area contributed by atoms with E-state index < -0.39 is 0 Å². The first kappa shape index (κ1) is 18.3. The number of hydrogen-bond acceptors (Lipinski definition) is 7. The van der Waals surface area contributed by atoms with Gasteiger partial charge >= 0.3 is 0 Å². The molecule has 4 aromatic heterocycles. The van der Waals surface area contributed by atoms with Gasteiger partial charge in [-0.05, 0) is 35.9 Å². The second kappa shape index (κ2) is 7.05. The van der Waals surface area contributed by atoms with Gasteiger partial charge in [0.05, 0.1) is 28.4 Å². The maximum Gasteiger partial charge on any atom is 0.266 e. The minimum absolute atomic E-state index is 0.235. The molecule has 0 bridgehead atoms. The molecule has 0 saturated heterocycles. The Morgan fingerprint density at radius 2 is 1.69 bits per heavy atom. The molecule has 0 radical (unpaired) electrons. The van der Waals surface area contributed by atoms with E-state index in [1.807, 2.05) is 18.2 Å². The van der Waals surface area contributed by atoms with Crippen LogP contribution in [0.15, 0.2) is 64.7 Å². The topological polar surface area (TPSA) is 117 Å². The lowest BCUT2D eigenvalue weighted by Gasteiger charge is -2.19. The van der Waals surface area contributed by atoms with E-state index >= 15 is 0 Å². The quantitative estimate of drug-likeness (QED) is 0.434. The molecule has 10 nitrogen and oxygen atoms in total. The molecule has 0 aliphatic carbocycles. The molecule has 1 aliphatic heterocycles. The van der Waals surface area contributed by atoms with E-state index in [1.165, 1.54) is 10.9 Å². The van der Waals surface area contributed by atoms with Gasteiger partial charge < -0.3 is 14.0 Å². The minimum atomic E-state index is -0.338. The SMILES string of the molecule is O=c1c2cc3c(=O)n(-c4ncn[nH]4)ccc3nc2ccn1Cc1ccc2c(c1)OCCO2. The summed E-state index contributed by atoms with van der Waals surface area (Å²) in [6.07, 6.45) is 4.60. The number of ether oxygens (including phenoxy) is 2. The predicted molar refractivity (Wildman–Crippen MR) is 116 cm³/mol. The number of benzene rings is 1. The number of hydrogen-bond donors (Lipinski definition) is 1. The Morgan fingerprint density at radius 1 is 0.906 bits per heavy atom. The molecule has 0 saturated carbocycles.